The minimum absolute atomic E-state index is 0.200. The normalized spacial score (nSPS) is 13.1. The maximum Gasteiger partial charge on any atom is 0.0683 e. The SMILES string of the molecule is Cc1cccc([C@H](C)NCCCC(C)(C)C#N)c1. The third-order valence-electron chi connectivity index (χ3n) is 3.27. The van der Waals surface area contributed by atoms with E-state index in [-0.39, 0.29) is 5.41 Å². The molecular weight excluding hydrogens is 220 g/mol. The third-order valence-corrected chi connectivity index (χ3v) is 3.27. The maximum atomic E-state index is 8.94. The smallest absolute Gasteiger partial charge is 0.0683 e. The molecule has 0 radical (unpaired) electrons. The number of nitriles is 1. The first kappa shape index (κ1) is 14.7. The van der Waals surface area contributed by atoms with Crippen molar-refractivity contribution in [1.82, 2.24) is 5.32 Å². The molecule has 18 heavy (non-hydrogen) atoms. The Balaban J connectivity index is 2.34. The molecule has 2 nitrogen and oxygen atoms in total. The van der Waals surface area contributed by atoms with Gasteiger partial charge < -0.3 is 5.32 Å². The van der Waals surface area contributed by atoms with Gasteiger partial charge in [0.05, 0.1) is 11.5 Å². The number of nitrogens with one attached hydrogen (secondary N) is 1. The molecule has 1 atom stereocenters. The summed E-state index contributed by atoms with van der Waals surface area (Å²) in [7, 11) is 0. The van der Waals surface area contributed by atoms with Crippen molar-refractivity contribution >= 4 is 0 Å². The third kappa shape index (κ3) is 4.89. The van der Waals surface area contributed by atoms with Gasteiger partial charge in [0.2, 0.25) is 0 Å². The van der Waals surface area contributed by atoms with Crippen molar-refractivity contribution in [1.29, 1.82) is 5.26 Å². The molecule has 0 saturated carbocycles. The Hall–Kier alpha value is -1.33. The van der Waals surface area contributed by atoms with Gasteiger partial charge in [-0.05, 0) is 52.6 Å². The number of aryl methyl sites for hydroxylation is 1. The van der Waals surface area contributed by atoms with Crippen LogP contribution in [0.3, 0.4) is 0 Å². The fraction of sp³-hybridized carbons (Fsp3) is 0.562. The second kappa shape index (κ2) is 6.56. The van der Waals surface area contributed by atoms with Crippen LogP contribution >= 0.6 is 0 Å². The van der Waals surface area contributed by atoms with Crippen LogP contribution in [0.4, 0.5) is 0 Å². The van der Waals surface area contributed by atoms with E-state index < -0.39 is 0 Å². The molecule has 0 aliphatic rings. The summed E-state index contributed by atoms with van der Waals surface area (Å²) >= 11 is 0. The Bertz CT molecular complexity index is 415. The molecule has 0 amide bonds. The molecule has 0 aliphatic carbocycles. The second-order valence-corrected chi connectivity index (χ2v) is 5.69. The van der Waals surface area contributed by atoms with Gasteiger partial charge in [-0.15, -0.1) is 0 Å². The first-order valence-corrected chi connectivity index (χ1v) is 6.66. The molecular formula is C16H24N2. The number of benzene rings is 1. The lowest BCUT2D eigenvalue weighted by Crippen LogP contribution is -2.21. The fourth-order valence-corrected chi connectivity index (χ4v) is 1.96. The first-order valence-electron chi connectivity index (χ1n) is 6.66. The lowest BCUT2D eigenvalue weighted by molar-refractivity contribution is 0.417. The predicted octanol–water partition coefficient (Wildman–Crippen LogP) is 3.98. The highest BCUT2D eigenvalue weighted by molar-refractivity contribution is 5.24. The van der Waals surface area contributed by atoms with Crippen LogP contribution in [0.5, 0.6) is 0 Å². The van der Waals surface area contributed by atoms with Gasteiger partial charge in [-0.1, -0.05) is 29.8 Å². The molecule has 0 aromatic heterocycles. The van der Waals surface area contributed by atoms with Gasteiger partial charge >= 0.3 is 0 Å². The van der Waals surface area contributed by atoms with E-state index in [1.54, 1.807) is 0 Å². The Labute approximate surface area is 111 Å². The summed E-state index contributed by atoms with van der Waals surface area (Å²) in [5.74, 6) is 0. The summed E-state index contributed by atoms with van der Waals surface area (Å²) in [4.78, 5) is 0. The first-order chi connectivity index (χ1) is 8.44. The Morgan fingerprint density at radius 1 is 1.39 bits per heavy atom. The molecule has 0 fully saturated rings. The zero-order valence-electron chi connectivity index (χ0n) is 12.0. The van der Waals surface area contributed by atoms with E-state index >= 15 is 0 Å². The predicted molar refractivity (Wildman–Crippen MR) is 76.2 cm³/mol. The quantitative estimate of drug-likeness (QED) is 0.768. The average molecular weight is 244 g/mol. The Morgan fingerprint density at radius 2 is 2.11 bits per heavy atom. The van der Waals surface area contributed by atoms with Crippen molar-refractivity contribution in [2.24, 2.45) is 5.41 Å². The molecule has 0 aliphatic heterocycles. The van der Waals surface area contributed by atoms with Crippen LogP contribution in [0.2, 0.25) is 0 Å². The highest BCUT2D eigenvalue weighted by atomic mass is 14.9. The second-order valence-electron chi connectivity index (χ2n) is 5.69. The molecule has 1 aromatic rings. The van der Waals surface area contributed by atoms with E-state index in [0.29, 0.717) is 6.04 Å². The van der Waals surface area contributed by atoms with Crippen molar-refractivity contribution in [3.05, 3.63) is 35.4 Å². The van der Waals surface area contributed by atoms with Gasteiger partial charge in [0.15, 0.2) is 0 Å². The summed E-state index contributed by atoms with van der Waals surface area (Å²) in [6.45, 7) is 9.25. The van der Waals surface area contributed by atoms with Crippen LogP contribution in [0.1, 0.15) is 50.8 Å². The van der Waals surface area contributed by atoms with Gasteiger partial charge in [0.1, 0.15) is 0 Å². The van der Waals surface area contributed by atoms with Crippen molar-refractivity contribution in [3.63, 3.8) is 0 Å². The summed E-state index contributed by atoms with van der Waals surface area (Å²) < 4.78 is 0. The van der Waals surface area contributed by atoms with Gasteiger partial charge in [-0.2, -0.15) is 5.26 Å². The fourth-order valence-electron chi connectivity index (χ4n) is 1.96. The summed E-state index contributed by atoms with van der Waals surface area (Å²) in [5, 5.41) is 12.5. The Morgan fingerprint density at radius 3 is 2.72 bits per heavy atom. The molecule has 1 aromatic carbocycles. The van der Waals surface area contributed by atoms with Gasteiger partial charge in [0.25, 0.3) is 0 Å². The highest BCUT2D eigenvalue weighted by Crippen LogP contribution is 2.20. The van der Waals surface area contributed by atoms with E-state index in [1.807, 2.05) is 13.8 Å². The van der Waals surface area contributed by atoms with E-state index in [9.17, 15) is 0 Å². The zero-order chi connectivity index (χ0) is 13.6. The van der Waals surface area contributed by atoms with Crippen molar-refractivity contribution in [2.75, 3.05) is 6.54 Å². The van der Waals surface area contributed by atoms with Crippen LogP contribution in [-0.2, 0) is 0 Å². The topological polar surface area (TPSA) is 35.8 Å². The molecule has 98 valence electrons. The summed E-state index contributed by atoms with van der Waals surface area (Å²) in [6, 6.07) is 11.3. The average Bonchev–Trinajstić information content (AvgIpc) is 2.34. The Kier molecular flexibility index (Phi) is 5.37. The molecule has 1 N–H and O–H groups in total. The number of hydrogen-bond acceptors (Lipinski definition) is 2. The zero-order valence-corrected chi connectivity index (χ0v) is 12.0. The van der Waals surface area contributed by atoms with Crippen molar-refractivity contribution < 1.29 is 0 Å². The lowest BCUT2D eigenvalue weighted by atomic mass is 9.90. The highest BCUT2D eigenvalue weighted by Gasteiger charge is 2.15. The van der Waals surface area contributed by atoms with E-state index in [1.165, 1.54) is 11.1 Å². The molecule has 2 heteroatoms. The van der Waals surface area contributed by atoms with E-state index in [0.717, 1.165) is 19.4 Å². The molecule has 0 spiro atoms. The van der Waals surface area contributed by atoms with E-state index in [2.05, 4.69) is 49.5 Å². The van der Waals surface area contributed by atoms with Crippen molar-refractivity contribution in [2.45, 2.75) is 46.6 Å². The molecule has 1 rings (SSSR count). The largest absolute Gasteiger partial charge is 0.310 e. The van der Waals surface area contributed by atoms with Crippen LogP contribution in [0.15, 0.2) is 24.3 Å². The standard InChI is InChI=1S/C16H24N2/c1-13-7-5-8-15(11-13)14(2)18-10-6-9-16(3,4)12-17/h5,7-8,11,14,18H,6,9-10H2,1-4H3/t14-/m0/s1. The summed E-state index contributed by atoms with van der Waals surface area (Å²) in [5.41, 5.74) is 2.43. The molecule has 0 saturated heterocycles. The van der Waals surface area contributed by atoms with Crippen LogP contribution < -0.4 is 5.32 Å². The van der Waals surface area contributed by atoms with Crippen LogP contribution in [0.25, 0.3) is 0 Å². The maximum absolute atomic E-state index is 8.94. The number of rotatable bonds is 6. The monoisotopic (exact) mass is 244 g/mol. The van der Waals surface area contributed by atoms with Crippen molar-refractivity contribution in [3.8, 4) is 6.07 Å². The molecule has 0 unspecified atom stereocenters. The minimum Gasteiger partial charge on any atom is -0.310 e. The lowest BCUT2D eigenvalue weighted by Gasteiger charge is -2.18. The van der Waals surface area contributed by atoms with Gasteiger partial charge in [-0.3, -0.25) is 0 Å². The van der Waals surface area contributed by atoms with Crippen LogP contribution in [0, 0.1) is 23.7 Å². The molecule has 0 heterocycles. The van der Waals surface area contributed by atoms with Gasteiger partial charge in [-0.25, -0.2) is 0 Å². The van der Waals surface area contributed by atoms with Crippen LogP contribution in [-0.4, -0.2) is 6.54 Å². The number of hydrogen-bond donors (Lipinski definition) is 1. The van der Waals surface area contributed by atoms with Gasteiger partial charge in [0, 0.05) is 6.04 Å². The minimum atomic E-state index is -0.200. The summed E-state index contributed by atoms with van der Waals surface area (Å²) in [6.07, 6.45) is 1.98. The molecule has 0 bridgehead atoms. The van der Waals surface area contributed by atoms with E-state index in [4.69, 9.17) is 5.26 Å². The number of nitrogens with zero attached hydrogens (tertiary/aromatic N) is 1.